The standard InChI is InChI=1S/C12H26N2O/c1-4-11-5-7-14(8-6-11)12(9-13-2)10-15-3/h11-13H,4-10H2,1-3H3. The molecule has 0 radical (unpaired) electrons. The van der Waals surface area contributed by atoms with Crippen molar-refractivity contribution in [3.05, 3.63) is 0 Å². The Morgan fingerprint density at radius 1 is 1.40 bits per heavy atom. The number of nitrogens with one attached hydrogen (secondary N) is 1. The smallest absolute Gasteiger partial charge is 0.0630 e. The lowest BCUT2D eigenvalue weighted by Crippen LogP contribution is -2.48. The van der Waals surface area contributed by atoms with E-state index < -0.39 is 0 Å². The predicted octanol–water partition coefficient (Wildman–Crippen LogP) is 1.34. The molecule has 0 spiro atoms. The second-order valence-corrected chi connectivity index (χ2v) is 4.55. The summed E-state index contributed by atoms with van der Waals surface area (Å²) in [7, 11) is 3.81. The summed E-state index contributed by atoms with van der Waals surface area (Å²) >= 11 is 0. The quantitative estimate of drug-likeness (QED) is 0.722. The summed E-state index contributed by atoms with van der Waals surface area (Å²) in [5.41, 5.74) is 0. The van der Waals surface area contributed by atoms with E-state index in [1.54, 1.807) is 7.11 Å². The van der Waals surface area contributed by atoms with Gasteiger partial charge in [0.25, 0.3) is 0 Å². The first kappa shape index (κ1) is 12.9. The van der Waals surface area contributed by atoms with Gasteiger partial charge < -0.3 is 10.1 Å². The largest absolute Gasteiger partial charge is 0.383 e. The summed E-state index contributed by atoms with van der Waals surface area (Å²) in [5, 5.41) is 3.25. The normalized spacial score (nSPS) is 21.8. The Kier molecular flexibility index (Phi) is 6.22. The molecule has 90 valence electrons. The number of rotatable bonds is 6. The van der Waals surface area contributed by atoms with Gasteiger partial charge in [-0.25, -0.2) is 0 Å². The van der Waals surface area contributed by atoms with Gasteiger partial charge in [0.05, 0.1) is 6.61 Å². The topological polar surface area (TPSA) is 24.5 Å². The Morgan fingerprint density at radius 3 is 2.53 bits per heavy atom. The van der Waals surface area contributed by atoms with Crippen molar-refractivity contribution in [2.24, 2.45) is 5.92 Å². The van der Waals surface area contributed by atoms with Crippen LogP contribution in [0.1, 0.15) is 26.2 Å². The lowest BCUT2D eigenvalue weighted by molar-refractivity contribution is 0.0648. The molecule has 1 heterocycles. The third-order valence-electron chi connectivity index (χ3n) is 3.54. The van der Waals surface area contributed by atoms with E-state index >= 15 is 0 Å². The van der Waals surface area contributed by atoms with E-state index in [9.17, 15) is 0 Å². The van der Waals surface area contributed by atoms with Gasteiger partial charge in [-0.05, 0) is 38.9 Å². The van der Waals surface area contributed by atoms with Crippen LogP contribution in [0.5, 0.6) is 0 Å². The summed E-state index contributed by atoms with van der Waals surface area (Å²) < 4.78 is 5.28. The number of likely N-dealkylation sites (N-methyl/N-ethyl adjacent to an activating group) is 1. The van der Waals surface area contributed by atoms with E-state index in [0.29, 0.717) is 6.04 Å². The van der Waals surface area contributed by atoms with Crippen molar-refractivity contribution in [2.75, 3.05) is 40.4 Å². The first-order valence-corrected chi connectivity index (χ1v) is 6.19. The SMILES string of the molecule is CCC1CCN(C(CNC)COC)CC1. The lowest BCUT2D eigenvalue weighted by atomic mass is 9.93. The van der Waals surface area contributed by atoms with Crippen LogP contribution in [0.2, 0.25) is 0 Å². The number of methoxy groups -OCH3 is 1. The highest BCUT2D eigenvalue weighted by molar-refractivity contribution is 4.79. The van der Waals surface area contributed by atoms with Crippen LogP contribution >= 0.6 is 0 Å². The summed E-state index contributed by atoms with van der Waals surface area (Å²) in [6.45, 7) is 6.67. The fourth-order valence-corrected chi connectivity index (χ4v) is 2.45. The van der Waals surface area contributed by atoms with Crippen LogP contribution in [0.15, 0.2) is 0 Å². The summed E-state index contributed by atoms with van der Waals surface area (Å²) in [5.74, 6) is 0.957. The van der Waals surface area contributed by atoms with E-state index in [-0.39, 0.29) is 0 Å². The first-order valence-electron chi connectivity index (χ1n) is 6.19. The van der Waals surface area contributed by atoms with Gasteiger partial charge in [0, 0.05) is 19.7 Å². The second-order valence-electron chi connectivity index (χ2n) is 4.55. The van der Waals surface area contributed by atoms with Crippen molar-refractivity contribution >= 4 is 0 Å². The zero-order valence-corrected chi connectivity index (χ0v) is 10.5. The Morgan fingerprint density at radius 2 is 2.07 bits per heavy atom. The zero-order valence-electron chi connectivity index (χ0n) is 10.5. The molecule has 1 N–H and O–H groups in total. The Bertz CT molecular complexity index is 150. The highest BCUT2D eigenvalue weighted by Gasteiger charge is 2.23. The van der Waals surface area contributed by atoms with Gasteiger partial charge in [-0.15, -0.1) is 0 Å². The van der Waals surface area contributed by atoms with Crippen LogP contribution in [0.25, 0.3) is 0 Å². The molecule has 1 unspecified atom stereocenters. The van der Waals surface area contributed by atoms with E-state index in [0.717, 1.165) is 19.1 Å². The van der Waals surface area contributed by atoms with Crippen LogP contribution in [0.3, 0.4) is 0 Å². The number of piperidine rings is 1. The summed E-state index contributed by atoms with van der Waals surface area (Å²) in [6.07, 6.45) is 4.07. The second kappa shape index (κ2) is 7.20. The minimum absolute atomic E-state index is 0.554. The van der Waals surface area contributed by atoms with Gasteiger partial charge in [-0.3, -0.25) is 4.90 Å². The Hall–Kier alpha value is -0.120. The maximum absolute atomic E-state index is 5.28. The Labute approximate surface area is 94.2 Å². The van der Waals surface area contributed by atoms with Gasteiger partial charge >= 0.3 is 0 Å². The minimum Gasteiger partial charge on any atom is -0.383 e. The monoisotopic (exact) mass is 214 g/mol. The number of likely N-dealkylation sites (tertiary alicyclic amines) is 1. The average molecular weight is 214 g/mol. The first-order chi connectivity index (χ1) is 7.31. The molecule has 0 amide bonds. The van der Waals surface area contributed by atoms with Crippen molar-refractivity contribution < 1.29 is 4.74 Å². The van der Waals surface area contributed by atoms with E-state index in [2.05, 4.69) is 17.1 Å². The molecule has 3 heteroatoms. The molecule has 15 heavy (non-hydrogen) atoms. The molecule has 1 fully saturated rings. The molecule has 1 atom stereocenters. The highest BCUT2D eigenvalue weighted by Crippen LogP contribution is 2.21. The van der Waals surface area contributed by atoms with Crippen LogP contribution in [-0.4, -0.2) is 51.3 Å². The number of hydrogen-bond acceptors (Lipinski definition) is 3. The van der Waals surface area contributed by atoms with Gasteiger partial charge in [-0.1, -0.05) is 13.3 Å². The van der Waals surface area contributed by atoms with Crippen molar-refractivity contribution in [3.8, 4) is 0 Å². The van der Waals surface area contributed by atoms with Gasteiger partial charge in [0.2, 0.25) is 0 Å². The third kappa shape index (κ3) is 4.09. The molecule has 1 aliphatic heterocycles. The summed E-state index contributed by atoms with van der Waals surface area (Å²) in [6, 6.07) is 0.554. The molecular weight excluding hydrogens is 188 g/mol. The van der Waals surface area contributed by atoms with Gasteiger partial charge in [0.15, 0.2) is 0 Å². The third-order valence-corrected chi connectivity index (χ3v) is 3.54. The molecule has 0 saturated carbocycles. The van der Waals surface area contributed by atoms with Crippen molar-refractivity contribution in [2.45, 2.75) is 32.2 Å². The predicted molar refractivity (Wildman–Crippen MR) is 64.2 cm³/mol. The van der Waals surface area contributed by atoms with Crippen molar-refractivity contribution in [3.63, 3.8) is 0 Å². The van der Waals surface area contributed by atoms with Crippen LogP contribution in [0, 0.1) is 5.92 Å². The average Bonchev–Trinajstić information content (AvgIpc) is 2.29. The molecule has 1 rings (SSSR count). The minimum atomic E-state index is 0.554. The van der Waals surface area contributed by atoms with Crippen LogP contribution in [-0.2, 0) is 4.74 Å². The number of ether oxygens (including phenoxy) is 1. The van der Waals surface area contributed by atoms with Crippen LogP contribution in [0.4, 0.5) is 0 Å². The van der Waals surface area contributed by atoms with Gasteiger partial charge in [0.1, 0.15) is 0 Å². The molecule has 0 aromatic heterocycles. The molecule has 0 aliphatic carbocycles. The fourth-order valence-electron chi connectivity index (χ4n) is 2.45. The number of hydrogen-bond donors (Lipinski definition) is 1. The van der Waals surface area contributed by atoms with Gasteiger partial charge in [-0.2, -0.15) is 0 Å². The maximum atomic E-state index is 5.28. The molecule has 3 nitrogen and oxygen atoms in total. The maximum Gasteiger partial charge on any atom is 0.0630 e. The van der Waals surface area contributed by atoms with E-state index in [1.165, 1.54) is 32.4 Å². The number of nitrogens with zero attached hydrogens (tertiary/aromatic N) is 1. The zero-order chi connectivity index (χ0) is 11.1. The highest BCUT2D eigenvalue weighted by atomic mass is 16.5. The molecule has 0 aromatic rings. The van der Waals surface area contributed by atoms with Crippen molar-refractivity contribution in [1.29, 1.82) is 0 Å². The molecule has 1 saturated heterocycles. The molecular formula is C12H26N2O. The lowest BCUT2D eigenvalue weighted by Gasteiger charge is -2.37. The molecule has 0 bridgehead atoms. The van der Waals surface area contributed by atoms with E-state index in [1.807, 2.05) is 7.05 Å². The van der Waals surface area contributed by atoms with E-state index in [4.69, 9.17) is 4.74 Å². The van der Waals surface area contributed by atoms with Crippen LogP contribution < -0.4 is 5.32 Å². The summed E-state index contributed by atoms with van der Waals surface area (Å²) in [4.78, 5) is 2.58. The molecule has 1 aliphatic rings. The Balaban J connectivity index is 2.34. The molecule has 0 aromatic carbocycles. The van der Waals surface area contributed by atoms with Crippen molar-refractivity contribution in [1.82, 2.24) is 10.2 Å². The fraction of sp³-hybridized carbons (Fsp3) is 1.00.